The van der Waals surface area contributed by atoms with Crippen LogP contribution in [0.1, 0.15) is 25.8 Å². The molecule has 1 atom stereocenters. The van der Waals surface area contributed by atoms with Crippen LogP contribution in [-0.2, 0) is 5.75 Å². The zero-order chi connectivity index (χ0) is 19.2. The van der Waals surface area contributed by atoms with E-state index in [4.69, 9.17) is 11.6 Å². The maximum absolute atomic E-state index is 5.91. The molecule has 142 valence electrons. The van der Waals surface area contributed by atoms with Gasteiger partial charge in [0.15, 0.2) is 0 Å². The van der Waals surface area contributed by atoms with E-state index in [-0.39, 0.29) is 6.04 Å². The van der Waals surface area contributed by atoms with Crippen LogP contribution in [-0.4, -0.2) is 42.8 Å². The van der Waals surface area contributed by atoms with Crippen molar-refractivity contribution in [2.75, 3.05) is 17.7 Å². The van der Waals surface area contributed by atoms with Gasteiger partial charge in [-0.3, -0.25) is 0 Å². The van der Waals surface area contributed by atoms with E-state index in [1.807, 2.05) is 24.3 Å². The topological polar surface area (TPSA) is 93.4 Å². The minimum Gasteiger partial charge on any atom is -0.357 e. The molecule has 0 aliphatic heterocycles. The number of hydrogen-bond donors (Lipinski definition) is 2. The van der Waals surface area contributed by atoms with Crippen LogP contribution in [0, 0.1) is 0 Å². The molecule has 0 saturated heterocycles. The fourth-order valence-corrected chi connectivity index (χ4v) is 2.99. The van der Waals surface area contributed by atoms with Gasteiger partial charge in [-0.15, -0.1) is 5.10 Å². The van der Waals surface area contributed by atoms with Crippen molar-refractivity contribution >= 4 is 35.3 Å². The van der Waals surface area contributed by atoms with Crippen molar-refractivity contribution in [2.24, 2.45) is 0 Å². The Hall–Kier alpha value is -2.39. The molecule has 0 bridgehead atoms. The van der Waals surface area contributed by atoms with Crippen LogP contribution < -0.4 is 10.6 Å². The van der Waals surface area contributed by atoms with Gasteiger partial charge in [0, 0.05) is 23.9 Å². The van der Waals surface area contributed by atoms with E-state index < -0.39 is 0 Å². The molecule has 0 spiro atoms. The highest BCUT2D eigenvalue weighted by Gasteiger charge is 2.11. The Labute approximate surface area is 167 Å². The molecule has 3 rings (SSSR count). The van der Waals surface area contributed by atoms with Gasteiger partial charge in [-0.25, -0.2) is 4.98 Å². The lowest BCUT2D eigenvalue weighted by molar-refractivity contribution is 0.735. The molecule has 2 heterocycles. The van der Waals surface area contributed by atoms with Crippen molar-refractivity contribution in [1.82, 2.24) is 29.7 Å². The van der Waals surface area contributed by atoms with Crippen molar-refractivity contribution in [3.05, 3.63) is 41.2 Å². The first-order valence-electron chi connectivity index (χ1n) is 8.57. The number of aromatic nitrogens is 6. The Morgan fingerprint density at radius 2 is 1.89 bits per heavy atom. The average Bonchev–Trinajstić information content (AvgIpc) is 3.16. The van der Waals surface area contributed by atoms with Gasteiger partial charge in [0.1, 0.15) is 6.33 Å². The van der Waals surface area contributed by atoms with E-state index in [9.17, 15) is 0 Å². The van der Waals surface area contributed by atoms with Crippen LogP contribution in [0.4, 0.5) is 11.9 Å². The monoisotopic (exact) mass is 404 g/mol. The summed E-state index contributed by atoms with van der Waals surface area (Å²) < 4.78 is 1.55. The van der Waals surface area contributed by atoms with Gasteiger partial charge in [-0.2, -0.15) is 19.6 Å². The molecule has 2 N–H and O–H groups in total. The molecule has 27 heavy (non-hydrogen) atoms. The van der Waals surface area contributed by atoms with E-state index in [2.05, 4.69) is 49.5 Å². The number of benzene rings is 1. The van der Waals surface area contributed by atoms with Crippen LogP contribution in [0.5, 0.6) is 0 Å². The predicted octanol–water partition coefficient (Wildman–Crippen LogP) is 3.65. The minimum atomic E-state index is 0.256. The van der Waals surface area contributed by atoms with Crippen molar-refractivity contribution in [3.8, 4) is 5.95 Å². The molecule has 10 heteroatoms. The van der Waals surface area contributed by atoms with Crippen molar-refractivity contribution in [2.45, 2.75) is 37.2 Å². The second-order valence-corrected chi connectivity index (χ2v) is 7.25. The second kappa shape index (κ2) is 9.01. The van der Waals surface area contributed by atoms with Crippen LogP contribution in [0.2, 0.25) is 5.02 Å². The molecular weight excluding hydrogens is 384 g/mol. The third-order valence-corrected chi connectivity index (χ3v) is 4.97. The summed E-state index contributed by atoms with van der Waals surface area (Å²) >= 11 is 7.45. The SMILES string of the molecule is CC[C@@H](C)Nc1nc(NC)nc(-n2cnc(SCc3ccc(Cl)cc3)n2)n1. The molecular formula is C17H21ClN8S. The van der Waals surface area contributed by atoms with Gasteiger partial charge in [-0.05, 0) is 31.0 Å². The van der Waals surface area contributed by atoms with Gasteiger partial charge in [0.2, 0.25) is 17.1 Å². The van der Waals surface area contributed by atoms with E-state index in [0.717, 1.165) is 22.8 Å². The Morgan fingerprint density at radius 3 is 2.59 bits per heavy atom. The van der Waals surface area contributed by atoms with E-state index in [0.29, 0.717) is 23.0 Å². The summed E-state index contributed by atoms with van der Waals surface area (Å²) in [6.07, 6.45) is 2.57. The Morgan fingerprint density at radius 1 is 1.15 bits per heavy atom. The fraction of sp³-hybridized carbons (Fsp3) is 0.353. The maximum Gasteiger partial charge on any atom is 0.258 e. The van der Waals surface area contributed by atoms with E-state index >= 15 is 0 Å². The van der Waals surface area contributed by atoms with Crippen LogP contribution in [0.25, 0.3) is 5.95 Å². The molecule has 0 unspecified atom stereocenters. The first-order valence-corrected chi connectivity index (χ1v) is 9.93. The van der Waals surface area contributed by atoms with Crippen molar-refractivity contribution in [3.63, 3.8) is 0 Å². The summed E-state index contributed by atoms with van der Waals surface area (Å²) in [6, 6.07) is 7.99. The summed E-state index contributed by atoms with van der Waals surface area (Å²) in [5.74, 6) is 2.13. The summed E-state index contributed by atoms with van der Waals surface area (Å²) in [5, 5.41) is 12.0. The number of thioether (sulfide) groups is 1. The molecule has 0 aliphatic carbocycles. The molecule has 8 nitrogen and oxygen atoms in total. The number of nitrogens with zero attached hydrogens (tertiary/aromatic N) is 6. The van der Waals surface area contributed by atoms with E-state index in [1.165, 1.54) is 11.8 Å². The van der Waals surface area contributed by atoms with Gasteiger partial charge in [0.05, 0.1) is 0 Å². The molecule has 0 saturated carbocycles. The maximum atomic E-state index is 5.91. The molecule has 2 aromatic heterocycles. The Bertz CT molecular complexity index is 883. The molecule has 0 aliphatic rings. The smallest absolute Gasteiger partial charge is 0.258 e. The largest absolute Gasteiger partial charge is 0.357 e. The number of halogens is 1. The van der Waals surface area contributed by atoms with Gasteiger partial charge in [-0.1, -0.05) is 42.4 Å². The molecule has 0 radical (unpaired) electrons. The molecule has 3 aromatic rings. The van der Waals surface area contributed by atoms with Crippen LogP contribution in [0.3, 0.4) is 0 Å². The summed E-state index contributed by atoms with van der Waals surface area (Å²) in [7, 11) is 1.76. The third-order valence-electron chi connectivity index (χ3n) is 3.79. The van der Waals surface area contributed by atoms with Crippen LogP contribution in [0.15, 0.2) is 35.7 Å². The second-order valence-electron chi connectivity index (χ2n) is 5.87. The molecule has 0 fully saturated rings. The molecule has 1 aromatic carbocycles. The quantitative estimate of drug-likeness (QED) is 0.549. The molecule has 0 amide bonds. The lowest BCUT2D eigenvalue weighted by Gasteiger charge is -2.12. The average molecular weight is 405 g/mol. The van der Waals surface area contributed by atoms with Gasteiger partial charge >= 0.3 is 0 Å². The summed E-state index contributed by atoms with van der Waals surface area (Å²) in [5.41, 5.74) is 1.15. The van der Waals surface area contributed by atoms with Crippen molar-refractivity contribution in [1.29, 1.82) is 0 Å². The third kappa shape index (κ3) is 5.30. The number of nitrogens with one attached hydrogen (secondary N) is 2. The van der Waals surface area contributed by atoms with Crippen molar-refractivity contribution < 1.29 is 0 Å². The highest BCUT2D eigenvalue weighted by atomic mass is 35.5. The number of anilines is 2. The highest BCUT2D eigenvalue weighted by molar-refractivity contribution is 7.98. The normalized spacial score (nSPS) is 12.0. The Balaban J connectivity index is 1.74. The zero-order valence-electron chi connectivity index (χ0n) is 15.3. The number of rotatable bonds is 8. The summed E-state index contributed by atoms with van der Waals surface area (Å²) in [6.45, 7) is 4.17. The van der Waals surface area contributed by atoms with Crippen LogP contribution >= 0.6 is 23.4 Å². The first-order chi connectivity index (χ1) is 13.1. The zero-order valence-corrected chi connectivity index (χ0v) is 16.9. The lowest BCUT2D eigenvalue weighted by Crippen LogP contribution is -2.18. The lowest BCUT2D eigenvalue weighted by atomic mass is 10.2. The van der Waals surface area contributed by atoms with E-state index in [1.54, 1.807) is 18.1 Å². The number of hydrogen-bond acceptors (Lipinski definition) is 8. The Kier molecular flexibility index (Phi) is 6.46. The standard InChI is InChI=1S/C17H21ClN8S/c1-4-11(2)21-15-22-14(19-3)23-16(24-15)26-10-20-17(25-26)27-9-12-5-7-13(18)8-6-12/h5-8,10-11H,4,9H2,1-3H3,(H2,19,21,22,23,24)/t11-/m1/s1. The fourth-order valence-electron chi connectivity index (χ4n) is 2.10. The van der Waals surface area contributed by atoms with Gasteiger partial charge in [0.25, 0.3) is 5.95 Å². The highest BCUT2D eigenvalue weighted by Crippen LogP contribution is 2.21. The first kappa shape index (κ1) is 19.4. The minimum absolute atomic E-state index is 0.256. The summed E-state index contributed by atoms with van der Waals surface area (Å²) in [4.78, 5) is 17.5. The predicted molar refractivity (Wildman–Crippen MR) is 109 cm³/mol. The van der Waals surface area contributed by atoms with Gasteiger partial charge < -0.3 is 10.6 Å².